The van der Waals surface area contributed by atoms with Crippen LogP contribution in [0.5, 0.6) is 0 Å². The van der Waals surface area contributed by atoms with Gasteiger partial charge in [-0.15, -0.1) is 0 Å². The maximum absolute atomic E-state index is 6.38. The first-order valence-electron chi connectivity index (χ1n) is 5.23. The van der Waals surface area contributed by atoms with E-state index in [1.807, 2.05) is 11.7 Å². The Kier molecular flexibility index (Phi) is 2.31. The Balaban J connectivity index is 2.14. The van der Waals surface area contributed by atoms with E-state index in [2.05, 4.69) is 17.0 Å². The number of nitrogens with zero attached hydrogens (tertiary/aromatic N) is 3. The van der Waals surface area contributed by atoms with Gasteiger partial charge in [0.05, 0.1) is 0 Å². The first kappa shape index (κ1) is 9.65. The first-order chi connectivity index (χ1) is 6.62. The van der Waals surface area contributed by atoms with Gasteiger partial charge in [0.1, 0.15) is 12.2 Å². The SMILES string of the molecule is CC1CCCC1(N)Cc1ncnn1C. The third-order valence-electron chi connectivity index (χ3n) is 3.55. The van der Waals surface area contributed by atoms with Gasteiger partial charge in [0, 0.05) is 19.0 Å². The lowest BCUT2D eigenvalue weighted by Crippen LogP contribution is -2.45. The highest BCUT2D eigenvalue weighted by Crippen LogP contribution is 2.35. The highest BCUT2D eigenvalue weighted by Gasteiger charge is 2.37. The molecule has 2 atom stereocenters. The fourth-order valence-electron chi connectivity index (χ4n) is 2.31. The van der Waals surface area contributed by atoms with Gasteiger partial charge >= 0.3 is 0 Å². The lowest BCUT2D eigenvalue weighted by atomic mass is 9.86. The molecule has 0 radical (unpaired) electrons. The minimum atomic E-state index is -0.0548. The highest BCUT2D eigenvalue weighted by atomic mass is 15.3. The first-order valence-corrected chi connectivity index (χ1v) is 5.23. The van der Waals surface area contributed by atoms with Crippen molar-refractivity contribution in [1.82, 2.24) is 14.8 Å². The van der Waals surface area contributed by atoms with E-state index in [0.717, 1.165) is 18.7 Å². The Morgan fingerprint density at radius 2 is 2.50 bits per heavy atom. The molecule has 1 aromatic heterocycles. The normalized spacial score (nSPS) is 32.4. The van der Waals surface area contributed by atoms with Crippen LogP contribution in [-0.4, -0.2) is 20.3 Å². The predicted molar refractivity (Wildman–Crippen MR) is 54.6 cm³/mol. The number of rotatable bonds is 2. The molecule has 0 bridgehead atoms. The third-order valence-corrected chi connectivity index (χ3v) is 3.55. The monoisotopic (exact) mass is 194 g/mol. The van der Waals surface area contributed by atoms with Crippen molar-refractivity contribution in [2.45, 2.75) is 38.1 Å². The summed E-state index contributed by atoms with van der Waals surface area (Å²) < 4.78 is 1.82. The summed E-state index contributed by atoms with van der Waals surface area (Å²) in [5, 5.41) is 4.06. The average molecular weight is 194 g/mol. The van der Waals surface area contributed by atoms with Crippen molar-refractivity contribution in [2.75, 3.05) is 0 Å². The molecular weight excluding hydrogens is 176 g/mol. The number of hydrogen-bond acceptors (Lipinski definition) is 3. The number of aromatic nitrogens is 3. The van der Waals surface area contributed by atoms with E-state index in [1.54, 1.807) is 6.33 Å². The minimum Gasteiger partial charge on any atom is -0.324 e. The van der Waals surface area contributed by atoms with Crippen molar-refractivity contribution in [3.8, 4) is 0 Å². The summed E-state index contributed by atoms with van der Waals surface area (Å²) in [7, 11) is 1.92. The maximum atomic E-state index is 6.38. The Labute approximate surface area is 84.5 Å². The van der Waals surface area contributed by atoms with Gasteiger partial charge in [-0.25, -0.2) is 4.98 Å². The van der Waals surface area contributed by atoms with Crippen molar-refractivity contribution in [1.29, 1.82) is 0 Å². The van der Waals surface area contributed by atoms with Gasteiger partial charge in [0.25, 0.3) is 0 Å². The number of nitrogens with two attached hydrogens (primary N) is 1. The van der Waals surface area contributed by atoms with Crippen LogP contribution in [0, 0.1) is 5.92 Å². The van der Waals surface area contributed by atoms with Crippen LogP contribution in [0.4, 0.5) is 0 Å². The molecule has 0 amide bonds. The third kappa shape index (κ3) is 1.54. The summed E-state index contributed by atoms with van der Waals surface area (Å²) in [6, 6.07) is 0. The Morgan fingerprint density at radius 1 is 1.71 bits per heavy atom. The van der Waals surface area contributed by atoms with Crippen LogP contribution in [0.2, 0.25) is 0 Å². The fourth-order valence-corrected chi connectivity index (χ4v) is 2.31. The quantitative estimate of drug-likeness (QED) is 0.760. The van der Waals surface area contributed by atoms with Crippen LogP contribution in [-0.2, 0) is 13.5 Å². The van der Waals surface area contributed by atoms with Gasteiger partial charge < -0.3 is 5.73 Å². The zero-order valence-corrected chi connectivity index (χ0v) is 8.90. The van der Waals surface area contributed by atoms with E-state index in [4.69, 9.17) is 5.73 Å². The summed E-state index contributed by atoms with van der Waals surface area (Å²) in [6.45, 7) is 2.24. The van der Waals surface area contributed by atoms with Crippen LogP contribution in [0.1, 0.15) is 32.0 Å². The largest absolute Gasteiger partial charge is 0.324 e. The molecule has 0 spiro atoms. The smallest absolute Gasteiger partial charge is 0.138 e. The molecule has 1 fully saturated rings. The minimum absolute atomic E-state index is 0.0548. The van der Waals surface area contributed by atoms with Crippen LogP contribution < -0.4 is 5.73 Å². The second-order valence-corrected chi connectivity index (χ2v) is 4.50. The molecule has 2 rings (SSSR count). The summed E-state index contributed by atoms with van der Waals surface area (Å²) in [4.78, 5) is 4.23. The van der Waals surface area contributed by atoms with Crippen molar-refractivity contribution < 1.29 is 0 Å². The van der Waals surface area contributed by atoms with Crippen molar-refractivity contribution in [3.63, 3.8) is 0 Å². The van der Waals surface area contributed by atoms with Gasteiger partial charge in [-0.3, -0.25) is 4.68 Å². The van der Waals surface area contributed by atoms with E-state index in [9.17, 15) is 0 Å². The van der Waals surface area contributed by atoms with Gasteiger partial charge in [-0.05, 0) is 18.8 Å². The van der Waals surface area contributed by atoms with Gasteiger partial charge in [-0.2, -0.15) is 5.10 Å². The molecule has 1 heterocycles. The lowest BCUT2D eigenvalue weighted by Gasteiger charge is -2.28. The van der Waals surface area contributed by atoms with Crippen LogP contribution in [0.25, 0.3) is 0 Å². The van der Waals surface area contributed by atoms with E-state index in [0.29, 0.717) is 5.92 Å². The van der Waals surface area contributed by atoms with E-state index >= 15 is 0 Å². The Hall–Kier alpha value is -0.900. The molecule has 1 saturated carbocycles. The number of aryl methyl sites for hydroxylation is 1. The molecule has 0 aromatic carbocycles. The molecular formula is C10H18N4. The second-order valence-electron chi connectivity index (χ2n) is 4.50. The molecule has 14 heavy (non-hydrogen) atoms. The van der Waals surface area contributed by atoms with Gasteiger partial charge in [-0.1, -0.05) is 13.3 Å². The molecule has 2 unspecified atom stereocenters. The molecule has 4 heteroatoms. The summed E-state index contributed by atoms with van der Waals surface area (Å²) >= 11 is 0. The van der Waals surface area contributed by atoms with Crippen molar-refractivity contribution >= 4 is 0 Å². The average Bonchev–Trinajstić information content (AvgIpc) is 2.64. The topological polar surface area (TPSA) is 56.7 Å². The predicted octanol–water partition coefficient (Wildman–Crippen LogP) is 0.875. The van der Waals surface area contributed by atoms with E-state index < -0.39 is 0 Å². The number of hydrogen-bond donors (Lipinski definition) is 1. The van der Waals surface area contributed by atoms with E-state index in [1.165, 1.54) is 12.8 Å². The zero-order chi connectivity index (χ0) is 10.2. The van der Waals surface area contributed by atoms with Crippen LogP contribution in [0.3, 0.4) is 0 Å². The molecule has 2 N–H and O–H groups in total. The maximum Gasteiger partial charge on any atom is 0.138 e. The van der Waals surface area contributed by atoms with Crippen LogP contribution >= 0.6 is 0 Å². The molecule has 1 aliphatic rings. The van der Waals surface area contributed by atoms with E-state index in [-0.39, 0.29) is 5.54 Å². The second kappa shape index (κ2) is 3.35. The standard InChI is InChI=1S/C10H18N4/c1-8-4-3-5-10(8,11)6-9-12-7-13-14(9)2/h7-8H,3-6,11H2,1-2H3. The fraction of sp³-hybridized carbons (Fsp3) is 0.800. The Morgan fingerprint density at radius 3 is 3.00 bits per heavy atom. The molecule has 1 aliphatic carbocycles. The summed E-state index contributed by atoms with van der Waals surface area (Å²) in [5.74, 6) is 1.60. The zero-order valence-electron chi connectivity index (χ0n) is 8.90. The Bertz CT molecular complexity index is 320. The molecule has 0 aliphatic heterocycles. The molecule has 0 saturated heterocycles. The molecule has 4 nitrogen and oxygen atoms in total. The van der Waals surface area contributed by atoms with Crippen LogP contribution in [0.15, 0.2) is 6.33 Å². The van der Waals surface area contributed by atoms with Gasteiger partial charge in [0.15, 0.2) is 0 Å². The van der Waals surface area contributed by atoms with Crippen molar-refractivity contribution in [2.24, 2.45) is 18.7 Å². The summed E-state index contributed by atoms with van der Waals surface area (Å²) in [5.41, 5.74) is 6.33. The summed E-state index contributed by atoms with van der Waals surface area (Å²) in [6.07, 6.45) is 6.05. The van der Waals surface area contributed by atoms with Crippen molar-refractivity contribution in [3.05, 3.63) is 12.2 Å². The highest BCUT2D eigenvalue weighted by molar-refractivity contribution is 5.02. The molecule has 78 valence electrons. The lowest BCUT2D eigenvalue weighted by molar-refractivity contribution is 0.326. The van der Waals surface area contributed by atoms with Gasteiger partial charge in [0.2, 0.25) is 0 Å². The molecule has 1 aromatic rings.